The molecule has 2 atom stereocenters. The Morgan fingerprint density at radius 3 is 2.93 bits per heavy atom. The number of aromatic nitrogens is 1. The van der Waals surface area contributed by atoms with Gasteiger partial charge in [-0.1, -0.05) is 24.2 Å². The molecule has 6 rings (SSSR count). The molecule has 3 aromatic rings. The van der Waals surface area contributed by atoms with E-state index >= 15 is 0 Å². The highest BCUT2D eigenvalue weighted by Crippen LogP contribution is 2.44. The number of hydrogen-bond acceptors (Lipinski definition) is 4. The number of carbonyl (C=O) groups is 2. The topological polar surface area (TPSA) is 74.9 Å². The van der Waals surface area contributed by atoms with Crippen molar-refractivity contribution in [2.75, 3.05) is 20.3 Å². The summed E-state index contributed by atoms with van der Waals surface area (Å²) in [5, 5.41) is 0.257. The maximum absolute atomic E-state index is 13.5. The minimum atomic E-state index is -2.57. The lowest BCUT2D eigenvalue weighted by Gasteiger charge is -2.46. The number of hydrogen-bond donors (Lipinski definition) is 1. The lowest BCUT2D eigenvalue weighted by Crippen LogP contribution is -2.62. The number of carbonyl (C=O) groups excluding carboxylic acids is 2. The van der Waals surface area contributed by atoms with Crippen LogP contribution in [0, 0.1) is 0 Å². The van der Waals surface area contributed by atoms with E-state index < -0.39 is 42.5 Å². The number of fused-ring (bicyclic) bond motifs is 5. The number of para-hydroxylation sites is 1. The number of rotatable bonds is 1. The number of piperazine rings is 1. The summed E-state index contributed by atoms with van der Waals surface area (Å²) in [6.07, 6.45) is -0.0243. The molecule has 3 aliphatic rings. The van der Waals surface area contributed by atoms with Crippen LogP contribution < -0.4 is 9.47 Å². The predicted octanol–water partition coefficient (Wildman–Crippen LogP) is 2.21. The lowest BCUT2D eigenvalue weighted by molar-refractivity contribution is -0.157. The van der Waals surface area contributed by atoms with Crippen LogP contribution in [0.3, 0.4) is 0 Å². The monoisotopic (exact) mass is 395 g/mol. The minimum Gasteiger partial charge on any atom is -0.454 e. The van der Waals surface area contributed by atoms with Gasteiger partial charge >= 0.3 is 0 Å². The molecule has 2 aromatic carbocycles. The molecular weight excluding hydrogens is 370 g/mol. The summed E-state index contributed by atoms with van der Waals surface area (Å²) in [6.45, 7) is -2.54. The Labute approximate surface area is 175 Å². The van der Waals surface area contributed by atoms with Crippen molar-refractivity contribution in [2.45, 2.75) is 18.5 Å². The van der Waals surface area contributed by atoms with Crippen molar-refractivity contribution >= 4 is 22.7 Å². The Bertz CT molecular complexity index is 1470. The van der Waals surface area contributed by atoms with Gasteiger partial charge in [0.1, 0.15) is 6.04 Å². The van der Waals surface area contributed by atoms with Crippen molar-refractivity contribution in [3.8, 4) is 11.5 Å². The number of benzene rings is 2. The van der Waals surface area contributed by atoms with Crippen molar-refractivity contribution in [1.29, 1.82) is 0 Å². The Balaban J connectivity index is 1.67. The second-order valence-corrected chi connectivity index (χ2v) is 7.22. The molecule has 1 fully saturated rings. The van der Waals surface area contributed by atoms with Crippen molar-refractivity contribution in [3.63, 3.8) is 0 Å². The van der Waals surface area contributed by atoms with Crippen molar-refractivity contribution < 1.29 is 27.3 Å². The first-order valence-corrected chi connectivity index (χ1v) is 9.14. The molecule has 0 bridgehead atoms. The molecule has 1 aromatic heterocycles. The Hall–Kier alpha value is -3.48. The van der Waals surface area contributed by atoms with Gasteiger partial charge in [0.05, 0.1) is 20.8 Å². The van der Waals surface area contributed by atoms with Crippen LogP contribution in [0.1, 0.15) is 31.1 Å². The smallest absolute Gasteiger partial charge is 0.245 e. The quantitative estimate of drug-likeness (QED) is 0.686. The number of nitrogens with one attached hydrogen (secondary N) is 1. The highest BCUT2D eigenvalue weighted by Gasteiger charge is 2.47. The summed E-state index contributed by atoms with van der Waals surface area (Å²) in [7, 11) is 1.24. The van der Waals surface area contributed by atoms with E-state index in [1.807, 2.05) is 0 Å². The van der Waals surface area contributed by atoms with Crippen LogP contribution >= 0.6 is 0 Å². The number of nitrogens with zero attached hydrogens (tertiary/aromatic N) is 2. The average molecular weight is 395 g/mol. The third-order valence-electron chi connectivity index (χ3n) is 5.68. The molecular formula is C22H19N3O4. The van der Waals surface area contributed by atoms with E-state index in [4.69, 9.17) is 17.7 Å². The van der Waals surface area contributed by atoms with Gasteiger partial charge < -0.3 is 24.3 Å². The molecule has 1 saturated heterocycles. The molecule has 0 saturated carbocycles. The van der Waals surface area contributed by atoms with Crippen LogP contribution in [0.2, 0.25) is 0 Å². The van der Waals surface area contributed by atoms with E-state index in [9.17, 15) is 9.59 Å². The molecule has 1 N–H and O–H groups in total. The van der Waals surface area contributed by atoms with Crippen molar-refractivity contribution in [2.24, 2.45) is 0 Å². The summed E-state index contributed by atoms with van der Waals surface area (Å²) < 4.78 is 60.5. The van der Waals surface area contributed by atoms with Gasteiger partial charge in [0.2, 0.25) is 18.6 Å². The zero-order chi connectivity index (χ0) is 25.0. The molecule has 0 spiro atoms. The van der Waals surface area contributed by atoms with Gasteiger partial charge in [-0.2, -0.15) is 0 Å². The first-order valence-electron chi connectivity index (χ1n) is 12.1. The van der Waals surface area contributed by atoms with E-state index in [1.165, 1.54) is 11.9 Å². The zero-order valence-corrected chi connectivity index (χ0v) is 15.3. The fourth-order valence-electron chi connectivity index (χ4n) is 4.39. The molecule has 7 nitrogen and oxygen atoms in total. The van der Waals surface area contributed by atoms with Crippen LogP contribution in [0.4, 0.5) is 0 Å². The molecule has 0 aliphatic carbocycles. The number of H-pyrrole nitrogens is 1. The van der Waals surface area contributed by atoms with E-state index in [2.05, 4.69) is 4.98 Å². The second kappa shape index (κ2) is 5.76. The fraction of sp³-hybridized carbons (Fsp3) is 0.273. The summed E-state index contributed by atoms with van der Waals surface area (Å²) in [5.74, 6) is -0.548. The summed E-state index contributed by atoms with van der Waals surface area (Å²) >= 11 is 0. The summed E-state index contributed by atoms with van der Waals surface area (Å²) in [5.41, 5.74) is 1.59. The van der Waals surface area contributed by atoms with Gasteiger partial charge in [-0.25, -0.2) is 0 Å². The molecule has 3 aliphatic heterocycles. The number of likely N-dealkylation sites (N-methyl/N-ethyl adjacent to an activating group) is 1. The maximum Gasteiger partial charge on any atom is 0.245 e. The lowest BCUT2D eigenvalue weighted by atomic mass is 9.86. The first kappa shape index (κ1) is 11.5. The Morgan fingerprint density at radius 2 is 2.03 bits per heavy atom. The van der Waals surface area contributed by atoms with Crippen molar-refractivity contribution in [1.82, 2.24) is 14.8 Å². The largest absolute Gasteiger partial charge is 0.454 e. The zero-order valence-electron chi connectivity index (χ0n) is 21.3. The standard InChI is InChI=1S/C22H19N3O4/c1-24-10-19(26)25-16(22(24)27)9-14-13-4-2-3-5-15(13)23-20(14)21(25)12-6-7-17-18(8-12)29-11-28-17/h2-8,16,21,23H,9-11H2,1H3/t16-,21?/m1/s1/i2D,3D,4D,5D,10D2. The summed E-state index contributed by atoms with van der Waals surface area (Å²) in [4.78, 5) is 31.9. The third-order valence-corrected chi connectivity index (χ3v) is 5.68. The summed E-state index contributed by atoms with van der Waals surface area (Å²) in [6, 6.07) is 1.69. The molecule has 146 valence electrons. The van der Waals surface area contributed by atoms with Crippen LogP contribution in [-0.4, -0.2) is 53.0 Å². The second-order valence-electron chi connectivity index (χ2n) is 7.22. The van der Waals surface area contributed by atoms with Gasteiger partial charge in [-0.15, -0.1) is 0 Å². The molecule has 2 amide bonds. The maximum atomic E-state index is 13.5. The molecule has 7 heteroatoms. The van der Waals surface area contributed by atoms with E-state index in [0.717, 1.165) is 4.90 Å². The first-order chi connectivity index (χ1) is 16.5. The van der Waals surface area contributed by atoms with Crippen LogP contribution in [-0.2, 0) is 16.0 Å². The van der Waals surface area contributed by atoms with E-state index in [-0.39, 0.29) is 36.2 Å². The third kappa shape index (κ3) is 2.24. The molecule has 4 heterocycles. The highest BCUT2D eigenvalue weighted by atomic mass is 16.7. The SMILES string of the molecule is [2H]c1c([2H])c([2H])c2c3c([nH]c2c1[2H])C(c1ccc2c(c1)OCO2)N1C(=O)C([2H])([2H])N(C)C(=O)[C@H]1C3. The predicted molar refractivity (Wildman–Crippen MR) is 105 cm³/mol. The number of aromatic amines is 1. The van der Waals surface area contributed by atoms with Gasteiger partial charge in [0.15, 0.2) is 11.5 Å². The van der Waals surface area contributed by atoms with Gasteiger partial charge in [0, 0.05) is 30.1 Å². The van der Waals surface area contributed by atoms with E-state index in [0.29, 0.717) is 28.3 Å². The minimum absolute atomic E-state index is 0.0243. The van der Waals surface area contributed by atoms with Crippen molar-refractivity contribution in [3.05, 3.63) is 59.2 Å². The Kier molecular flexibility index (Phi) is 2.29. The van der Waals surface area contributed by atoms with Crippen LogP contribution in [0.25, 0.3) is 10.9 Å². The molecule has 1 unspecified atom stereocenters. The number of ether oxygens (including phenoxy) is 2. The molecule has 0 radical (unpaired) electrons. The average Bonchev–Trinajstić information content (AvgIpc) is 3.46. The Morgan fingerprint density at radius 1 is 1.21 bits per heavy atom. The van der Waals surface area contributed by atoms with Gasteiger partial charge in [0.25, 0.3) is 0 Å². The highest BCUT2D eigenvalue weighted by molar-refractivity contribution is 5.97. The molecule has 29 heavy (non-hydrogen) atoms. The number of amides is 2. The van der Waals surface area contributed by atoms with Crippen LogP contribution in [0.15, 0.2) is 42.4 Å². The van der Waals surface area contributed by atoms with E-state index in [1.54, 1.807) is 18.2 Å². The van der Waals surface area contributed by atoms with Gasteiger partial charge in [-0.3, -0.25) is 9.59 Å². The fourth-order valence-corrected chi connectivity index (χ4v) is 4.39. The van der Waals surface area contributed by atoms with Gasteiger partial charge in [-0.05, 0) is 29.3 Å². The normalized spacial score (nSPS) is 27.5. The van der Waals surface area contributed by atoms with Crippen LogP contribution in [0.5, 0.6) is 11.5 Å².